The van der Waals surface area contributed by atoms with Crippen molar-refractivity contribution in [2.75, 3.05) is 20.2 Å². The van der Waals surface area contributed by atoms with Crippen molar-refractivity contribution in [3.05, 3.63) is 28.8 Å². The van der Waals surface area contributed by atoms with Gasteiger partial charge in [-0.2, -0.15) is 0 Å². The Kier molecular flexibility index (Phi) is 3.98. The Morgan fingerprint density at radius 2 is 2.25 bits per heavy atom. The predicted octanol–water partition coefficient (Wildman–Crippen LogP) is 2.63. The van der Waals surface area contributed by atoms with Crippen molar-refractivity contribution in [1.82, 2.24) is 10.3 Å². The maximum atomic E-state index is 11.5. The van der Waals surface area contributed by atoms with Crippen LogP contribution in [0.15, 0.2) is 18.2 Å². The molecule has 2 aromatic heterocycles. The van der Waals surface area contributed by atoms with E-state index in [-0.39, 0.29) is 5.97 Å². The largest absolute Gasteiger partial charge is 0.465 e. The third-order valence-corrected chi connectivity index (χ3v) is 4.81. The van der Waals surface area contributed by atoms with Crippen LogP contribution in [0.25, 0.3) is 10.2 Å². The Bertz CT molecular complexity index is 617. The zero-order chi connectivity index (χ0) is 13.9. The van der Waals surface area contributed by atoms with Gasteiger partial charge in [-0.15, -0.1) is 11.3 Å². The lowest BCUT2D eigenvalue weighted by Gasteiger charge is -2.22. The lowest BCUT2D eigenvalue weighted by molar-refractivity contribution is 0.0606. The smallest absolute Gasteiger partial charge is 0.348 e. The topological polar surface area (TPSA) is 51.2 Å². The highest BCUT2D eigenvalue weighted by atomic mass is 32.1. The number of esters is 1. The number of methoxy groups -OCH3 is 1. The van der Waals surface area contributed by atoms with Gasteiger partial charge < -0.3 is 10.1 Å². The van der Waals surface area contributed by atoms with Crippen LogP contribution in [0.5, 0.6) is 0 Å². The molecule has 0 aliphatic carbocycles. The van der Waals surface area contributed by atoms with Crippen LogP contribution >= 0.6 is 11.3 Å². The maximum absolute atomic E-state index is 11.5. The number of carbonyl (C=O) groups excluding carboxylic acids is 1. The maximum Gasteiger partial charge on any atom is 0.348 e. The van der Waals surface area contributed by atoms with Crippen LogP contribution in [0.4, 0.5) is 0 Å². The average molecular weight is 290 g/mol. The van der Waals surface area contributed by atoms with Gasteiger partial charge in [0.05, 0.1) is 7.11 Å². The van der Waals surface area contributed by atoms with E-state index in [1.54, 1.807) is 0 Å². The monoisotopic (exact) mass is 290 g/mol. The SMILES string of the molecule is COC(=O)c1cc2ccc(CC3CCNCC3)nc2s1. The molecule has 1 saturated heterocycles. The number of carbonyl (C=O) groups is 1. The summed E-state index contributed by atoms with van der Waals surface area (Å²) in [6.45, 7) is 2.22. The van der Waals surface area contributed by atoms with Gasteiger partial charge in [0.15, 0.2) is 0 Å². The fraction of sp³-hybridized carbons (Fsp3) is 0.467. The van der Waals surface area contributed by atoms with Crippen LogP contribution in [0.3, 0.4) is 0 Å². The zero-order valence-electron chi connectivity index (χ0n) is 11.5. The molecule has 0 unspecified atom stereocenters. The number of fused-ring (bicyclic) bond motifs is 1. The second-order valence-electron chi connectivity index (χ2n) is 5.20. The summed E-state index contributed by atoms with van der Waals surface area (Å²) in [5, 5.41) is 4.40. The van der Waals surface area contributed by atoms with Crippen LogP contribution in [-0.2, 0) is 11.2 Å². The van der Waals surface area contributed by atoms with Gasteiger partial charge in [0.2, 0.25) is 0 Å². The fourth-order valence-electron chi connectivity index (χ4n) is 2.65. The molecule has 4 nitrogen and oxygen atoms in total. The highest BCUT2D eigenvalue weighted by Crippen LogP contribution is 2.26. The third kappa shape index (κ3) is 2.83. The van der Waals surface area contributed by atoms with Crippen molar-refractivity contribution in [2.45, 2.75) is 19.3 Å². The second kappa shape index (κ2) is 5.89. The van der Waals surface area contributed by atoms with Crippen molar-refractivity contribution in [3.8, 4) is 0 Å². The first kappa shape index (κ1) is 13.5. The normalized spacial score (nSPS) is 16.4. The lowest BCUT2D eigenvalue weighted by atomic mass is 9.93. The molecule has 1 fully saturated rings. The minimum atomic E-state index is -0.284. The van der Waals surface area contributed by atoms with Gasteiger partial charge in [-0.3, -0.25) is 0 Å². The van der Waals surface area contributed by atoms with Crippen LogP contribution in [-0.4, -0.2) is 31.2 Å². The highest BCUT2D eigenvalue weighted by Gasteiger charge is 2.16. The van der Waals surface area contributed by atoms with Crippen molar-refractivity contribution in [1.29, 1.82) is 0 Å². The summed E-state index contributed by atoms with van der Waals surface area (Å²) < 4.78 is 4.75. The number of aromatic nitrogens is 1. The number of hydrogen-bond acceptors (Lipinski definition) is 5. The van der Waals surface area contributed by atoms with E-state index in [0.29, 0.717) is 4.88 Å². The number of nitrogens with one attached hydrogen (secondary N) is 1. The summed E-state index contributed by atoms with van der Waals surface area (Å²) in [6.07, 6.45) is 3.47. The molecular weight excluding hydrogens is 272 g/mol. The number of piperidine rings is 1. The van der Waals surface area contributed by atoms with E-state index in [1.807, 2.05) is 6.07 Å². The molecule has 0 spiro atoms. The van der Waals surface area contributed by atoms with Gasteiger partial charge in [0, 0.05) is 11.1 Å². The Balaban J connectivity index is 1.80. The molecule has 3 heterocycles. The van der Waals surface area contributed by atoms with E-state index in [2.05, 4.69) is 17.4 Å². The molecule has 2 aromatic rings. The first-order valence-corrected chi connectivity index (χ1v) is 7.76. The van der Waals surface area contributed by atoms with E-state index in [9.17, 15) is 4.79 Å². The molecule has 0 radical (unpaired) electrons. The minimum Gasteiger partial charge on any atom is -0.465 e. The molecule has 20 heavy (non-hydrogen) atoms. The molecule has 3 rings (SSSR count). The number of thiophene rings is 1. The summed E-state index contributed by atoms with van der Waals surface area (Å²) in [4.78, 5) is 17.8. The Labute approximate surface area is 122 Å². The molecule has 0 saturated carbocycles. The molecular formula is C15H18N2O2S. The average Bonchev–Trinajstić information content (AvgIpc) is 2.90. The van der Waals surface area contributed by atoms with E-state index in [1.165, 1.54) is 31.3 Å². The van der Waals surface area contributed by atoms with Crippen molar-refractivity contribution >= 4 is 27.5 Å². The summed E-state index contributed by atoms with van der Waals surface area (Å²) in [7, 11) is 1.41. The first-order chi connectivity index (χ1) is 9.76. The standard InChI is InChI=1S/C15H18N2O2S/c1-19-15(18)13-9-11-2-3-12(17-14(11)20-13)8-10-4-6-16-7-5-10/h2-3,9-10,16H,4-8H2,1H3. The Hall–Kier alpha value is -1.46. The van der Waals surface area contributed by atoms with Gasteiger partial charge in [0.25, 0.3) is 0 Å². The van der Waals surface area contributed by atoms with Crippen molar-refractivity contribution in [3.63, 3.8) is 0 Å². The molecule has 0 atom stereocenters. The van der Waals surface area contributed by atoms with Gasteiger partial charge in [-0.25, -0.2) is 9.78 Å². The Morgan fingerprint density at radius 1 is 1.45 bits per heavy atom. The number of hydrogen-bond donors (Lipinski definition) is 1. The lowest BCUT2D eigenvalue weighted by Crippen LogP contribution is -2.28. The van der Waals surface area contributed by atoms with Crippen molar-refractivity contribution in [2.24, 2.45) is 5.92 Å². The quantitative estimate of drug-likeness (QED) is 0.883. The molecule has 1 aliphatic rings. The molecule has 106 valence electrons. The molecule has 1 N–H and O–H groups in total. The predicted molar refractivity (Wildman–Crippen MR) is 80.3 cm³/mol. The van der Waals surface area contributed by atoms with Crippen LogP contribution < -0.4 is 5.32 Å². The highest BCUT2D eigenvalue weighted by molar-refractivity contribution is 7.20. The summed E-state index contributed by atoms with van der Waals surface area (Å²) in [5.74, 6) is 0.439. The van der Waals surface area contributed by atoms with Gasteiger partial charge >= 0.3 is 5.97 Å². The van der Waals surface area contributed by atoms with Crippen LogP contribution in [0.1, 0.15) is 28.2 Å². The van der Waals surface area contributed by atoms with Gasteiger partial charge in [-0.1, -0.05) is 6.07 Å². The van der Waals surface area contributed by atoms with E-state index in [4.69, 9.17) is 9.72 Å². The zero-order valence-corrected chi connectivity index (χ0v) is 12.3. The first-order valence-electron chi connectivity index (χ1n) is 6.95. The van der Waals surface area contributed by atoms with Gasteiger partial charge in [-0.05, 0) is 50.4 Å². The van der Waals surface area contributed by atoms with Crippen LogP contribution in [0.2, 0.25) is 0 Å². The van der Waals surface area contributed by atoms with E-state index in [0.717, 1.165) is 41.3 Å². The van der Waals surface area contributed by atoms with E-state index >= 15 is 0 Å². The number of rotatable bonds is 3. The number of nitrogens with zero attached hydrogens (tertiary/aromatic N) is 1. The molecule has 5 heteroatoms. The summed E-state index contributed by atoms with van der Waals surface area (Å²) in [5.41, 5.74) is 1.13. The Morgan fingerprint density at radius 3 is 3.00 bits per heavy atom. The molecule has 1 aliphatic heterocycles. The molecule has 0 bridgehead atoms. The molecule has 0 amide bonds. The summed E-state index contributed by atoms with van der Waals surface area (Å²) >= 11 is 1.41. The fourth-order valence-corrected chi connectivity index (χ4v) is 3.62. The number of ether oxygens (including phenoxy) is 1. The van der Waals surface area contributed by atoms with Gasteiger partial charge in [0.1, 0.15) is 9.71 Å². The third-order valence-electron chi connectivity index (χ3n) is 3.78. The minimum absolute atomic E-state index is 0.284. The van der Waals surface area contributed by atoms with Crippen molar-refractivity contribution < 1.29 is 9.53 Å². The summed E-state index contributed by atoms with van der Waals surface area (Å²) in [6, 6.07) is 5.99. The van der Waals surface area contributed by atoms with Crippen LogP contribution in [0, 0.1) is 5.92 Å². The van der Waals surface area contributed by atoms with E-state index < -0.39 is 0 Å². The molecule has 0 aromatic carbocycles. The number of pyridine rings is 1. The second-order valence-corrected chi connectivity index (χ2v) is 6.23.